The largest absolute Gasteiger partial charge is 0.368 e. The first-order chi connectivity index (χ1) is 10.2. The fourth-order valence-electron chi connectivity index (χ4n) is 2.58. The van der Waals surface area contributed by atoms with Crippen molar-refractivity contribution < 1.29 is 0 Å². The molecule has 5 nitrogen and oxygen atoms in total. The van der Waals surface area contributed by atoms with Crippen LogP contribution in [0.1, 0.15) is 5.69 Å². The van der Waals surface area contributed by atoms with Gasteiger partial charge in [0.1, 0.15) is 5.65 Å². The Morgan fingerprint density at radius 2 is 1.95 bits per heavy atom. The standard InChI is InChI=1S/C16H13N5/c1-9-13-7-10(2-3-14(13)21-16(17)20-9)12-6-11-4-5-18-15(11)19-8-12/h2-8H,1H3,(H,18,19)(H2,17,20,21). The molecule has 0 aliphatic heterocycles. The predicted octanol–water partition coefficient (Wildman–Crippen LogP) is 3.06. The zero-order valence-electron chi connectivity index (χ0n) is 11.5. The smallest absolute Gasteiger partial charge is 0.220 e. The molecule has 21 heavy (non-hydrogen) atoms. The normalized spacial score (nSPS) is 11.3. The van der Waals surface area contributed by atoms with E-state index in [2.05, 4.69) is 32.1 Å². The summed E-state index contributed by atoms with van der Waals surface area (Å²) in [7, 11) is 0. The lowest BCUT2D eigenvalue weighted by Crippen LogP contribution is -1.97. The number of aromatic amines is 1. The highest BCUT2D eigenvalue weighted by molar-refractivity contribution is 5.88. The molecule has 1 aromatic carbocycles. The molecule has 0 spiro atoms. The van der Waals surface area contributed by atoms with E-state index in [0.717, 1.165) is 38.8 Å². The second-order valence-electron chi connectivity index (χ2n) is 5.04. The second kappa shape index (κ2) is 4.28. The number of nitrogens with zero attached hydrogens (tertiary/aromatic N) is 3. The van der Waals surface area contributed by atoms with Gasteiger partial charge in [0.25, 0.3) is 0 Å². The first kappa shape index (κ1) is 11.8. The van der Waals surface area contributed by atoms with Crippen LogP contribution in [0, 0.1) is 6.92 Å². The van der Waals surface area contributed by atoms with Crippen molar-refractivity contribution in [2.24, 2.45) is 0 Å². The van der Waals surface area contributed by atoms with Crippen LogP contribution in [0.25, 0.3) is 33.1 Å². The molecule has 102 valence electrons. The zero-order chi connectivity index (χ0) is 14.4. The first-order valence-electron chi connectivity index (χ1n) is 6.68. The summed E-state index contributed by atoms with van der Waals surface area (Å²) in [4.78, 5) is 16.0. The number of rotatable bonds is 1. The van der Waals surface area contributed by atoms with Gasteiger partial charge in [0.15, 0.2) is 0 Å². The minimum atomic E-state index is 0.308. The Kier molecular flexibility index (Phi) is 2.41. The molecule has 4 aromatic rings. The molecule has 0 unspecified atom stereocenters. The molecule has 0 bridgehead atoms. The average molecular weight is 275 g/mol. The molecular weight excluding hydrogens is 262 g/mol. The molecule has 0 radical (unpaired) electrons. The van der Waals surface area contributed by atoms with Crippen LogP contribution in [0.2, 0.25) is 0 Å². The van der Waals surface area contributed by atoms with Crippen molar-refractivity contribution in [2.45, 2.75) is 6.92 Å². The highest BCUT2D eigenvalue weighted by Crippen LogP contribution is 2.26. The monoisotopic (exact) mass is 275 g/mol. The van der Waals surface area contributed by atoms with Crippen LogP contribution in [-0.4, -0.2) is 19.9 Å². The van der Waals surface area contributed by atoms with Crippen molar-refractivity contribution in [3.05, 3.63) is 48.4 Å². The van der Waals surface area contributed by atoms with Gasteiger partial charge in [-0.2, -0.15) is 0 Å². The van der Waals surface area contributed by atoms with Gasteiger partial charge in [-0.1, -0.05) is 6.07 Å². The highest BCUT2D eigenvalue weighted by atomic mass is 15.0. The quantitative estimate of drug-likeness (QED) is 0.559. The molecule has 0 atom stereocenters. The van der Waals surface area contributed by atoms with Crippen molar-refractivity contribution in [3.8, 4) is 11.1 Å². The Balaban J connectivity index is 1.93. The summed E-state index contributed by atoms with van der Waals surface area (Å²) in [6.45, 7) is 1.94. The summed E-state index contributed by atoms with van der Waals surface area (Å²) in [5.74, 6) is 0.308. The van der Waals surface area contributed by atoms with Crippen molar-refractivity contribution in [1.29, 1.82) is 0 Å². The summed E-state index contributed by atoms with van der Waals surface area (Å²) in [6.07, 6.45) is 3.76. The molecule has 3 aromatic heterocycles. The number of hydrogen-bond donors (Lipinski definition) is 2. The van der Waals surface area contributed by atoms with Gasteiger partial charge in [0.2, 0.25) is 5.95 Å². The first-order valence-corrected chi connectivity index (χ1v) is 6.68. The number of nitrogens with two attached hydrogens (primary N) is 1. The third kappa shape index (κ3) is 1.90. The van der Waals surface area contributed by atoms with Crippen molar-refractivity contribution in [3.63, 3.8) is 0 Å². The summed E-state index contributed by atoms with van der Waals surface area (Å²) in [5, 5.41) is 2.11. The van der Waals surface area contributed by atoms with Crippen LogP contribution >= 0.6 is 0 Å². The third-order valence-electron chi connectivity index (χ3n) is 3.64. The van der Waals surface area contributed by atoms with Crippen molar-refractivity contribution >= 4 is 27.9 Å². The van der Waals surface area contributed by atoms with Gasteiger partial charge >= 0.3 is 0 Å². The fourth-order valence-corrected chi connectivity index (χ4v) is 2.58. The summed E-state index contributed by atoms with van der Waals surface area (Å²) in [5.41, 5.74) is 10.5. The molecule has 0 saturated heterocycles. The molecule has 0 fully saturated rings. The minimum absolute atomic E-state index is 0.308. The number of pyridine rings is 1. The third-order valence-corrected chi connectivity index (χ3v) is 3.64. The van der Waals surface area contributed by atoms with Gasteiger partial charge < -0.3 is 10.7 Å². The lowest BCUT2D eigenvalue weighted by atomic mass is 10.0. The Bertz CT molecular complexity index is 971. The molecule has 0 aliphatic rings. The summed E-state index contributed by atoms with van der Waals surface area (Å²) >= 11 is 0. The molecule has 3 N–H and O–H groups in total. The van der Waals surface area contributed by atoms with E-state index in [1.165, 1.54) is 0 Å². The van der Waals surface area contributed by atoms with Crippen LogP contribution in [0.4, 0.5) is 5.95 Å². The van der Waals surface area contributed by atoms with Gasteiger partial charge in [-0.05, 0) is 36.8 Å². The van der Waals surface area contributed by atoms with Crippen LogP contribution in [0.5, 0.6) is 0 Å². The van der Waals surface area contributed by atoms with E-state index in [4.69, 9.17) is 5.73 Å². The van der Waals surface area contributed by atoms with Gasteiger partial charge in [-0.25, -0.2) is 15.0 Å². The predicted molar refractivity (Wildman–Crippen MR) is 83.8 cm³/mol. The number of nitrogen functional groups attached to an aromatic ring is 1. The maximum absolute atomic E-state index is 5.69. The van der Waals surface area contributed by atoms with E-state index in [9.17, 15) is 0 Å². The van der Waals surface area contributed by atoms with E-state index in [0.29, 0.717) is 5.95 Å². The molecule has 0 saturated carbocycles. The van der Waals surface area contributed by atoms with Gasteiger partial charge in [0.05, 0.1) is 11.2 Å². The lowest BCUT2D eigenvalue weighted by molar-refractivity contribution is 1.17. The molecule has 0 amide bonds. The molecule has 4 rings (SSSR count). The molecule has 0 aliphatic carbocycles. The maximum Gasteiger partial charge on any atom is 0.220 e. The van der Waals surface area contributed by atoms with Gasteiger partial charge in [-0.3, -0.25) is 0 Å². The van der Waals surface area contributed by atoms with Crippen LogP contribution in [0.15, 0.2) is 42.7 Å². The van der Waals surface area contributed by atoms with Crippen LogP contribution in [0.3, 0.4) is 0 Å². The molecule has 5 heteroatoms. The topological polar surface area (TPSA) is 80.5 Å². The lowest BCUT2D eigenvalue weighted by Gasteiger charge is -2.06. The number of H-pyrrole nitrogens is 1. The van der Waals surface area contributed by atoms with E-state index >= 15 is 0 Å². The number of fused-ring (bicyclic) bond motifs is 2. The van der Waals surface area contributed by atoms with E-state index < -0.39 is 0 Å². The molecular formula is C16H13N5. The summed E-state index contributed by atoms with van der Waals surface area (Å²) in [6, 6.07) is 10.2. The Morgan fingerprint density at radius 1 is 1.05 bits per heavy atom. The number of nitrogens with one attached hydrogen (secondary N) is 1. The minimum Gasteiger partial charge on any atom is -0.368 e. The van der Waals surface area contributed by atoms with E-state index in [1.807, 2.05) is 37.5 Å². The van der Waals surface area contributed by atoms with Crippen molar-refractivity contribution in [1.82, 2.24) is 19.9 Å². The fraction of sp³-hybridized carbons (Fsp3) is 0.0625. The Hall–Kier alpha value is -2.95. The van der Waals surface area contributed by atoms with E-state index in [-0.39, 0.29) is 0 Å². The highest BCUT2D eigenvalue weighted by Gasteiger charge is 2.06. The Morgan fingerprint density at radius 3 is 2.86 bits per heavy atom. The van der Waals surface area contributed by atoms with Crippen LogP contribution < -0.4 is 5.73 Å². The maximum atomic E-state index is 5.69. The van der Waals surface area contributed by atoms with Crippen molar-refractivity contribution in [2.75, 3.05) is 5.73 Å². The van der Waals surface area contributed by atoms with Gasteiger partial charge in [-0.15, -0.1) is 0 Å². The zero-order valence-corrected chi connectivity index (χ0v) is 11.5. The van der Waals surface area contributed by atoms with Gasteiger partial charge in [0, 0.05) is 28.7 Å². The SMILES string of the molecule is Cc1nc(N)nc2ccc(-c3cnc4[nH]ccc4c3)cc12. The number of hydrogen-bond acceptors (Lipinski definition) is 4. The number of benzene rings is 1. The second-order valence-corrected chi connectivity index (χ2v) is 5.04. The van der Waals surface area contributed by atoms with Crippen LogP contribution in [-0.2, 0) is 0 Å². The summed E-state index contributed by atoms with van der Waals surface area (Å²) < 4.78 is 0. The number of aryl methyl sites for hydroxylation is 1. The number of anilines is 1. The number of aromatic nitrogens is 4. The van der Waals surface area contributed by atoms with E-state index in [1.54, 1.807) is 0 Å². The average Bonchev–Trinajstić information content (AvgIpc) is 2.94. The molecule has 3 heterocycles. The Labute approximate surface area is 120 Å².